The quantitative estimate of drug-likeness (QED) is 0.616. The highest BCUT2D eigenvalue weighted by Gasteiger charge is 2.44. The number of Topliss-reactive ketones (excluding diaryl/α,β-unsaturated/α-hetero) is 1. The molecule has 3 nitrogen and oxygen atoms in total. The number of ether oxygens (including phenoxy) is 1. The molecule has 3 unspecified atom stereocenters. The van der Waals surface area contributed by atoms with E-state index in [1.165, 1.54) is 24.5 Å². The first-order chi connectivity index (χ1) is 14.6. The van der Waals surface area contributed by atoms with E-state index in [0.717, 1.165) is 56.2 Å². The van der Waals surface area contributed by atoms with Crippen LogP contribution in [0.3, 0.4) is 0 Å². The van der Waals surface area contributed by atoms with Crippen LogP contribution in [0.25, 0.3) is 10.9 Å². The van der Waals surface area contributed by atoms with Crippen LogP contribution in [0.15, 0.2) is 30.5 Å². The zero-order valence-electron chi connectivity index (χ0n) is 17.9. The minimum Gasteiger partial charge on any atom is -0.381 e. The molecule has 3 aliphatic rings. The maximum Gasteiger partial charge on any atom is 0.136 e. The lowest BCUT2D eigenvalue weighted by molar-refractivity contribution is -0.125. The monoisotopic (exact) mass is 409 g/mol. The second-order valence-electron chi connectivity index (χ2n) is 10.00. The molecule has 0 N–H and O–H groups in total. The summed E-state index contributed by atoms with van der Waals surface area (Å²) in [6.07, 6.45) is 9.37. The predicted octanol–water partition coefficient (Wildman–Crippen LogP) is 5.92. The van der Waals surface area contributed by atoms with Crippen molar-refractivity contribution in [2.24, 2.45) is 29.6 Å². The molecule has 5 rings (SSSR count). The minimum atomic E-state index is -0.188. The number of ketones is 1. The lowest BCUT2D eigenvalue weighted by Gasteiger charge is -2.25. The summed E-state index contributed by atoms with van der Waals surface area (Å²) in [7, 11) is 0. The Morgan fingerprint density at radius 2 is 1.87 bits per heavy atom. The smallest absolute Gasteiger partial charge is 0.136 e. The lowest BCUT2D eigenvalue weighted by Crippen LogP contribution is -2.25. The highest BCUT2D eigenvalue weighted by Crippen LogP contribution is 2.54. The van der Waals surface area contributed by atoms with Gasteiger partial charge in [-0.3, -0.25) is 9.78 Å². The number of pyridine rings is 1. The molecule has 0 bridgehead atoms. The van der Waals surface area contributed by atoms with E-state index in [4.69, 9.17) is 4.74 Å². The van der Waals surface area contributed by atoms with Crippen molar-refractivity contribution < 1.29 is 13.9 Å². The van der Waals surface area contributed by atoms with Gasteiger partial charge in [-0.25, -0.2) is 4.39 Å². The molecule has 2 heterocycles. The Morgan fingerprint density at radius 3 is 2.60 bits per heavy atom. The van der Waals surface area contributed by atoms with E-state index in [-0.39, 0.29) is 11.7 Å². The number of fused-ring (bicyclic) bond motifs is 2. The molecule has 1 aliphatic heterocycles. The van der Waals surface area contributed by atoms with Gasteiger partial charge < -0.3 is 4.74 Å². The summed E-state index contributed by atoms with van der Waals surface area (Å²) in [5, 5.41) is 0.971. The number of benzene rings is 1. The van der Waals surface area contributed by atoms with E-state index in [2.05, 4.69) is 18.0 Å². The molecular formula is C26H32FNO2. The number of nitrogens with zero attached hydrogens (tertiary/aromatic N) is 1. The van der Waals surface area contributed by atoms with E-state index >= 15 is 0 Å². The highest BCUT2D eigenvalue weighted by atomic mass is 19.1. The molecule has 2 saturated carbocycles. The van der Waals surface area contributed by atoms with Crippen LogP contribution in [0.1, 0.15) is 63.4 Å². The van der Waals surface area contributed by atoms with Gasteiger partial charge in [0.15, 0.2) is 0 Å². The van der Waals surface area contributed by atoms with E-state index in [0.29, 0.717) is 35.4 Å². The Balaban J connectivity index is 1.22. The van der Waals surface area contributed by atoms with Gasteiger partial charge in [-0.05, 0) is 97.9 Å². The summed E-state index contributed by atoms with van der Waals surface area (Å²) >= 11 is 0. The van der Waals surface area contributed by atoms with Gasteiger partial charge in [0.1, 0.15) is 11.6 Å². The fourth-order valence-corrected chi connectivity index (χ4v) is 6.51. The molecule has 3 fully saturated rings. The van der Waals surface area contributed by atoms with Gasteiger partial charge in [-0.1, -0.05) is 6.92 Å². The second-order valence-corrected chi connectivity index (χ2v) is 10.00. The number of aromatic nitrogens is 1. The topological polar surface area (TPSA) is 39.2 Å². The zero-order valence-corrected chi connectivity index (χ0v) is 17.9. The summed E-state index contributed by atoms with van der Waals surface area (Å²) in [6.45, 7) is 3.80. The molecule has 1 saturated heterocycles. The third kappa shape index (κ3) is 3.91. The molecular weight excluding hydrogens is 377 g/mol. The first-order valence-electron chi connectivity index (χ1n) is 11.7. The number of rotatable bonds is 5. The number of hydrogen-bond acceptors (Lipinski definition) is 3. The Bertz CT molecular complexity index is 908. The number of halogens is 1. The maximum absolute atomic E-state index is 13.9. The van der Waals surface area contributed by atoms with Crippen LogP contribution < -0.4 is 0 Å². The van der Waals surface area contributed by atoms with Crippen molar-refractivity contribution in [1.82, 2.24) is 4.98 Å². The highest BCUT2D eigenvalue weighted by molar-refractivity contribution is 5.83. The Hall–Kier alpha value is -1.81. The van der Waals surface area contributed by atoms with Gasteiger partial charge in [0.05, 0.1) is 5.52 Å². The van der Waals surface area contributed by atoms with Crippen molar-refractivity contribution >= 4 is 16.7 Å². The van der Waals surface area contributed by atoms with Crippen LogP contribution >= 0.6 is 0 Å². The number of hydrogen-bond donors (Lipinski definition) is 0. The van der Waals surface area contributed by atoms with E-state index < -0.39 is 0 Å². The van der Waals surface area contributed by atoms with Crippen LogP contribution in [-0.4, -0.2) is 24.0 Å². The number of carbonyl (C=O) groups is 1. The zero-order chi connectivity index (χ0) is 20.7. The van der Waals surface area contributed by atoms with E-state index in [1.54, 1.807) is 12.1 Å². The summed E-state index contributed by atoms with van der Waals surface area (Å²) in [5.74, 6) is 3.43. The van der Waals surface area contributed by atoms with Crippen LogP contribution in [0.2, 0.25) is 0 Å². The fraction of sp³-hybridized carbons (Fsp3) is 0.615. The molecule has 160 valence electrons. The average molecular weight is 410 g/mol. The molecule has 30 heavy (non-hydrogen) atoms. The summed E-state index contributed by atoms with van der Waals surface area (Å²) < 4.78 is 19.3. The first kappa shape index (κ1) is 20.1. The molecule has 0 radical (unpaired) electrons. The van der Waals surface area contributed by atoms with Crippen LogP contribution in [0.5, 0.6) is 0 Å². The third-order valence-corrected chi connectivity index (χ3v) is 8.28. The van der Waals surface area contributed by atoms with Crippen molar-refractivity contribution in [2.45, 2.75) is 57.8 Å². The second kappa shape index (κ2) is 8.37. The Morgan fingerprint density at radius 1 is 1.13 bits per heavy atom. The minimum absolute atomic E-state index is 0.188. The molecule has 0 amide bonds. The first-order valence-corrected chi connectivity index (χ1v) is 11.7. The van der Waals surface area contributed by atoms with Crippen LogP contribution in [0.4, 0.5) is 4.39 Å². The standard InChI is InChI=1S/C26H32FNO2/c1-16(26(29)10-17-5-8-30-9-6-17)18-11-19-13-21(14-20(19)12-18)23-4-7-28-25-3-2-22(27)15-24(23)25/h2-4,7,15-21H,5-6,8-14H2,1H3/t16?,18?,19-,20+,21?. The molecule has 2 aromatic rings. The predicted molar refractivity (Wildman–Crippen MR) is 116 cm³/mol. The van der Waals surface area contributed by atoms with Crippen LogP contribution in [0, 0.1) is 35.4 Å². The molecule has 1 aromatic carbocycles. The van der Waals surface area contributed by atoms with Crippen molar-refractivity contribution in [1.29, 1.82) is 0 Å². The molecule has 5 atom stereocenters. The SMILES string of the molecule is CC(C(=O)CC1CCOCC1)C1C[C@H]2CC(c3ccnc4ccc(F)cc34)C[C@H]2C1. The van der Waals surface area contributed by atoms with Gasteiger partial charge in [0, 0.05) is 37.1 Å². The summed E-state index contributed by atoms with van der Waals surface area (Å²) in [6, 6.07) is 7.01. The Kier molecular flexibility index (Phi) is 5.61. The molecule has 2 aliphatic carbocycles. The van der Waals surface area contributed by atoms with Gasteiger partial charge in [0.2, 0.25) is 0 Å². The largest absolute Gasteiger partial charge is 0.381 e. The molecule has 1 aromatic heterocycles. The summed E-state index contributed by atoms with van der Waals surface area (Å²) in [4.78, 5) is 17.3. The van der Waals surface area contributed by atoms with Crippen molar-refractivity contribution in [2.75, 3.05) is 13.2 Å². The fourth-order valence-electron chi connectivity index (χ4n) is 6.51. The van der Waals surface area contributed by atoms with Gasteiger partial charge >= 0.3 is 0 Å². The van der Waals surface area contributed by atoms with Crippen LogP contribution in [-0.2, 0) is 9.53 Å². The van der Waals surface area contributed by atoms with E-state index in [1.807, 2.05) is 6.20 Å². The van der Waals surface area contributed by atoms with Crippen molar-refractivity contribution in [3.05, 3.63) is 41.8 Å². The Labute approximate surface area is 178 Å². The molecule has 0 spiro atoms. The van der Waals surface area contributed by atoms with E-state index in [9.17, 15) is 9.18 Å². The summed E-state index contributed by atoms with van der Waals surface area (Å²) in [5.41, 5.74) is 2.14. The lowest BCUT2D eigenvalue weighted by atomic mass is 9.81. The van der Waals surface area contributed by atoms with Gasteiger partial charge in [-0.15, -0.1) is 0 Å². The maximum atomic E-state index is 13.9. The normalized spacial score (nSPS) is 30.5. The molecule has 4 heteroatoms. The third-order valence-electron chi connectivity index (χ3n) is 8.28. The average Bonchev–Trinajstić information content (AvgIpc) is 3.32. The number of carbonyl (C=O) groups excluding carboxylic acids is 1. The van der Waals surface area contributed by atoms with Crippen molar-refractivity contribution in [3.8, 4) is 0 Å². The van der Waals surface area contributed by atoms with Gasteiger partial charge in [0.25, 0.3) is 0 Å². The van der Waals surface area contributed by atoms with Gasteiger partial charge in [-0.2, -0.15) is 0 Å². The van der Waals surface area contributed by atoms with Crippen molar-refractivity contribution in [3.63, 3.8) is 0 Å².